The summed E-state index contributed by atoms with van der Waals surface area (Å²) in [5, 5.41) is 10.6. The summed E-state index contributed by atoms with van der Waals surface area (Å²) in [5.74, 6) is 1.99. The first-order valence-electron chi connectivity index (χ1n) is 9.79. The number of hydrogen-bond acceptors (Lipinski definition) is 6. The van der Waals surface area contributed by atoms with E-state index in [1.54, 1.807) is 11.0 Å². The molecule has 154 valence electrons. The van der Waals surface area contributed by atoms with Crippen LogP contribution in [0.1, 0.15) is 17.2 Å². The number of aryl methyl sites for hydroxylation is 3. The Balaban J connectivity index is 1.32. The molecule has 1 amide bonds. The van der Waals surface area contributed by atoms with Gasteiger partial charge in [0.05, 0.1) is 23.1 Å². The number of anilines is 1. The van der Waals surface area contributed by atoms with Crippen molar-refractivity contribution in [2.24, 2.45) is 0 Å². The lowest BCUT2D eigenvalue weighted by molar-refractivity contribution is -0.121. The van der Waals surface area contributed by atoms with Crippen LogP contribution < -0.4 is 10.6 Å². The van der Waals surface area contributed by atoms with Crippen molar-refractivity contribution < 1.29 is 4.79 Å². The second-order valence-electron chi connectivity index (χ2n) is 7.14. The molecule has 1 aromatic carbocycles. The van der Waals surface area contributed by atoms with Crippen LogP contribution >= 0.6 is 0 Å². The predicted octanol–water partition coefficient (Wildman–Crippen LogP) is 2.17. The second kappa shape index (κ2) is 8.32. The van der Waals surface area contributed by atoms with E-state index in [0.717, 1.165) is 22.4 Å². The van der Waals surface area contributed by atoms with Crippen molar-refractivity contribution in [3.63, 3.8) is 0 Å². The van der Waals surface area contributed by atoms with Gasteiger partial charge in [0.25, 0.3) is 0 Å². The lowest BCUT2D eigenvalue weighted by Crippen LogP contribution is -2.31. The number of amides is 1. The second-order valence-corrected chi connectivity index (χ2v) is 7.14. The molecular weight excluding hydrogens is 380 g/mol. The van der Waals surface area contributed by atoms with Gasteiger partial charge >= 0.3 is 0 Å². The largest absolute Gasteiger partial charge is 0.368 e. The van der Waals surface area contributed by atoms with Crippen LogP contribution in [0.4, 0.5) is 5.82 Å². The van der Waals surface area contributed by atoms with Gasteiger partial charge in [-0.1, -0.05) is 12.1 Å². The van der Waals surface area contributed by atoms with Gasteiger partial charge in [0.15, 0.2) is 5.82 Å². The van der Waals surface area contributed by atoms with E-state index in [0.29, 0.717) is 30.5 Å². The van der Waals surface area contributed by atoms with Gasteiger partial charge in [-0.2, -0.15) is 5.10 Å². The molecule has 3 aromatic heterocycles. The molecule has 4 aromatic rings. The number of aromatic nitrogens is 6. The van der Waals surface area contributed by atoms with Crippen LogP contribution in [0.3, 0.4) is 0 Å². The van der Waals surface area contributed by atoms with Gasteiger partial charge in [0.2, 0.25) is 5.91 Å². The molecule has 0 bridgehead atoms. The minimum Gasteiger partial charge on any atom is -0.368 e. The third-order valence-electron chi connectivity index (χ3n) is 4.65. The van der Waals surface area contributed by atoms with Gasteiger partial charge in [-0.3, -0.25) is 4.79 Å². The van der Waals surface area contributed by atoms with E-state index in [-0.39, 0.29) is 12.5 Å². The molecule has 2 N–H and O–H groups in total. The highest BCUT2D eigenvalue weighted by molar-refractivity contribution is 5.80. The molecule has 0 radical (unpaired) electrons. The first kappa shape index (κ1) is 19.6. The summed E-state index contributed by atoms with van der Waals surface area (Å²) in [5.41, 5.74) is 3.77. The van der Waals surface area contributed by atoms with Crippen molar-refractivity contribution >= 4 is 22.8 Å². The maximum absolute atomic E-state index is 12.3. The molecule has 9 nitrogen and oxygen atoms in total. The summed E-state index contributed by atoms with van der Waals surface area (Å²) in [6, 6.07) is 11.6. The molecule has 30 heavy (non-hydrogen) atoms. The van der Waals surface area contributed by atoms with E-state index in [2.05, 4.69) is 30.7 Å². The Morgan fingerprint density at radius 2 is 1.90 bits per heavy atom. The molecule has 4 rings (SSSR count). The number of para-hydroxylation sites is 2. The van der Waals surface area contributed by atoms with E-state index < -0.39 is 0 Å². The number of nitrogens with zero attached hydrogens (tertiary/aromatic N) is 6. The first-order valence-corrected chi connectivity index (χ1v) is 9.79. The molecule has 0 saturated carbocycles. The molecule has 3 heterocycles. The maximum atomic E-state index is 12.3. The topological polar surface area (TPSA) is 103 Å². The van der Waals surface area contributed by atoms with Crippen LogP contribution in [0.25, 0.3) is 16.9 Å². The highest BCUT2D eigenvalue weighted by atomic mass is 16.1. The van der Waals surface area contributed by atoms with Crippen molar-refractivity contribution in [1.82, 2.24) is 34.6 Å². The highest BCUT2D eigenvalue weighted by Gasteiger charge is 2.09. The van der Waals surface area contributed by atoms with Crippen LogP contribution in [0.2, 0.25) is 0 Å². The summed E-state index contributed by atoms with van der Waals surface area (Å²) in [7, 11) is 0. The zero-order valence-corrected chi connectivity index (χ0v) is 17.3. The minimum atomic E-state index is -0.0675. The van der Waals surface area contributed by atoms with Crippen LogP contribution in [0, 0.1) is 20.8 Å². The molecule has 0 unspecified atom stereocenters. The van der Waals surface area contributed by atoms with Gasteiger partial charge in [-0.25, -0.2) is 19.6 Å². The van der Waals surface area contributed by atoms with Crippen molar-refractivity contribution in [2.75, 3.05) is 18.4 Å². The number of rotatable bonds is 7. The summed E-state index contributed by atoms with van der Waals surface area (Å²) in [6.45, 7) is 7.04. The third kappa shape index (κ3) is 4.29. The Morgan fingerprint density at radius 1 is 1.07 bits per heavy atom. The molecule has 9 heteroatoms. The SMILES string of the molecule is Cc1cc(C)n(-c2cc(NCCNC(=O)Cn3cnc4ccccc43)nc(C)n2)n1. The number of imidazole rings is 1. The van der Waals surface area contributed by atoms with Gasteiger partial charge in [0.1, 0.15) is 18.2 Å². The highest BCUT2D eigenvalue weighted by Crippen LogP contribution is 2.14. The molecule has 0 fully saturated rings. The van der Waals surface area contributed by atoms with E-state index >= 15 is 0 Å². The Bertz CT molecular complexity index is 1190. The molecular formula is C21H24N8O. The predicted molar refractivity (Wildman–Crippen MR) is 115 cm³/mol. The molecule has 0 aliphatic heterocycles. The number of carbonyl (C=O) groups excluding carboxylic acids is 1. The lowest BCUT2D eigenvalue weighted by Gasteiger charge is -2.11. The number of nitrogens with one attached hydrogen (secondary N) is 2. The smallest absolute Gasteiger partial charge is 0.240 e. The minimum absolute atomic E-state index is 0.0675. The summed E-state index contributed by atoms with van der Waals surface area (Å²) in [4.78, 5) is 25.5. The maximum Gasteiger partial charge on any atom is 0.240 e. The Labute approximate surface area is 174 Å². The van der Waals surface area contributed by atoms with E-state index in [4.69, 9.17) is 0 Å². The molecule has 0 saturated heterocycles. The molecule has 0 aliphatic rings. The number of carbonyl (C=O) groups is 1. The number of fused-ring (bicyclic) bond motifs is 1. The Morgan fingerprint density at radius 3 is 2.70 bits per heavy atom. The standard InChI is InChI=1S/C21H24N8O/c1-14-10-15(2)29(27-14)20-11-19(25-16(3)26-20)22-8-9-23-21(30)12-28-13-24-17-6-4-5-7-18(17)28/h4-7,10-11,13H,8-9,12H2,1-3H3,(H,23,30)(H,22,25,26). The molecule has 0 atom stereocenters. The fourth-order valence-electron chi connectivity index (χ4n) is 3.35. The van der Waals surface area contributed by atoms with Crippen molar-refractivity contribution in [2.45, 2.75) is 27.3 Å². The van der Waals surface area contributed by atoms with Crippen molar-refractivity contribution in [3.8, 4) is 5.82 Å². The summed E-state index contributed by atoms with van der Waals surface area (Å²) < 4.78 is 3.64. The van der Waals surface area contributed by atoms with Crippen LogP contribution in [0.5, 0.6) is 0 Å². The van der Waals surface area contributed by atoms with Crippen molar-refractivity contribution in [1.29, 1.82) is 0 Å². The zero-order chi connectivity index (χ0) is 21.1. The molecule has 0 spiro atoms. The van der Waals surface area contributed by atoms with E-state index in [9.17, 15) is 4.79 Å². The first-order chi connectivity index (χ1) is 14.5. The monoisotopic (exact) mass is 404 g/mol. The fourth-order valence-corrected chi connectivity index (χ4v) is 3.35. The van der Waals surface area contributed by atoms with Crippen LogP contribution in [0.15, 0.2) is 42.7 Å². The van der Waals surface area contributed by atoms with Gasteiger partial charge in [-0.15, -0.1) is 0 Å². The normalized spacial score (nSPS) is 11.0. The van der Waals surface area contributed by atoms with Crippen LogP contribution in [-0.2, 0) is 11.3 Å². The van der Waals surface area contributed by atoms with Crippen molar-refractivity contribution in [3.05, 3.63) is 59.9 Å². The average Bonchev–Trinajstić information content (AvgIpc) is 3.27. The fraction of sp³-hybridized carbons (Fsp3) is 0.286. The van der Waals surface area contributed by atoms with Gasteiger partial charge in [0, 0.05) is 24.8 Å². The quantitative estimate of drug-likeness (QED) is 0.458. The zero-order valence-electron chi connectivity index (χ0n) is 17.3. The van der Waals surface area contributed by atoms with E-state index in [1.807, 2.05) is 61.7 Å². The Hall–Kier alpha value is -3.75. The summed E-state index contributed by atoms with van der Waals surface area (Å²) in [6.07, 6.45) is 1.69. The Kier molecular flexibility index (Phi) is 5.42. The summed E-state index contributed by atoms with van der Waals surface area (Å²) >= 11 is 0. The van der Waals surface area contributed by atoms with Crippen LogP contribution in [-0.4, -0.2) is 48.3 Å². The average molecular weight is 404 g/mol. The molecule has 0 aliphatic carbocycles. The third-order valence-corrected chi connectivity index (χ3v) is 4.65. The van der Waals surface area contributed by atoms with Gasteiger partial charge < -0.3 is 15.2 Å². The lowest BCUT2D eigenvalue weighted by atomic mass is 10.3. The van der Waals surface area contributed by atoms with E-state index in [1.165, 1.54) is 0 Å². The number of hydrogen-bond donors (Lipinski definition) is 2. The number of benzene rings is 1. The van der Waals surface area contributed by atoms with Gasteiger partial charge in [-0.05, 0) is 39.0 Å².